The van der Waals surface area contributed by atoms with E-state index in [0.29, 0.717) is 0 Å². The SMILES string of the molecule is C1CC2CCC1N1C3CCC(C3)N21. The molecule has 2 atom stereocenters. The lowest BCUT2D eigenvalue weighted by molar-refractivity contribution is -0.175. The molecule has 0 aromatic carbocycles. The van der Waals surface area contributed by atoms with Crippen LogP contribution in [-0.2, 0) is 0 Å². The highest BCUT2D eigenvalue weighted by Gasteiger charge is 2.53. The van der Waals surface area contributed by atoms with E-state index >= 15 is 0 Å². The minimum Gasteiger partial charge on any atom is -0.235 e. The molecule has 5 fully saturated rings. The molecular weight excluding hydrogens is 160 g/mol. The fraction of sp³-hybridized carbons (Fsp3) is 1.00. The van der Waals surface area contributed by atoms with E-state index in [4.69, 9.17) is 0 Å². The molecule has 0 radical (unpaired) electrons. The van der Waals surface area contributed by atoms with Gasteiger partial charge in [0, 0.05) is 24.2 Å². The quantitative estimate of drug-likeness (QED) is 0.558. The summed E-state index contributed by atoms with van der Waals surface area (Å²) in [5.74, 6) is 0. The van der Waals surface area contributed by atoms with Gasteiger partial charge in [-0.1, -0.05) is 0 Å². The minimum absolute atomic E-state index is 0.945. The van der Waals surface area contributed by atoms with Gasteiger partial charge in [0.05, 0.1) is 0 Å². The fourth-order valence-electron chi connectivity index (χ4n) is 4.35. The van der Waals surface area contributed by atoms with E-state index < -0.39 is 0 Å². The van der Waals surface area contributed by atoms with Crippen molar-refractivity contribution < 1.29 is 0 Å². The lowest BCUT2D eigenvalue weighted by Crippen LogP contribution is -2.63. The smallest absolute Gasteiger partial charge is 0.0265 e. The zero-order valence-electron chi connectivity index (χ0n) is 8.15. The third-order valence-electron chi connectivity index (χ3n) is 4.81. The van der Waals surface area contributed by atoms with E-state index in [1.54, 1.807) is 0 Å². The predicted molar refractivity (Wildman–Crippen MR) is 51.1 cm³/mol. The second-order valence-electron chi connectivity index (χ2n) is 5.34. The molecule has 0 amide bonds. The second-order valence-corrected chi connectivity index (χ2v) is 5.34. The van der Waals surface area contributed by atoms with Gasteiger partial charge in [0.25, 0.3) is 0 Å². The van der Waals surface area contributed by atoms with Gasteiger partial charge >= 0.3 is 0 Å². The van der Waals surface area contributed by atoms with Gasteiger partial charge in [0.2, 0.25) is 0 Å². The van der Waals surface area contributed by atoms with E-state index in [-0.39, 0.29) is 0 Å². The average molecular weight is 178 g/mol. The van der Waals surface area contributed by atoms with Crippen LogP contribution in [0.15, 0.2) is 0 Å². The summed E-state index contributed by atoms with van der Waals surface area (Å²) in [5, 5.41) is 5.59. The maximum atomic E-state index is 2.80. The van der Waals surface area contributed by atoms with Crippen molar-refractivity contribution >= 4 is 0 Å². The van der Waals surface area contributed by atoms with Gasteiger partial charge in [-0.15, -0.1) is 0 Å². The summed E-state index contributed by atoms with van der Waals surface area (Å²) in [6.45, 7) is 0. The Bertz CT molecular complexity index is 208. The van der Waals surface area contributed by atoms with E-state index in [2.05, 4.69) is 10.0 Å². The number of nitrogens with zero attached hydrogens (tertiary/aromatic N) is 2. The molecule has 3 heterocycles. The zero-order valence-corrected chi connectivity index (χ0v) is 8.15. The molecule has 3 saturated heterocycles. The maximum Gasteiger partial charge on any atom is 0.0265 e. The van der Waals surface area contributed by atoms with Crippen molar-refractivity contribution in [3.63, 3.8) is 0 Å². The standard InChI is InChI=1S/C11H18N2/c1-2-9-4-3-8(1)12-10-5-6-11(7-10)13(9)12/h8-11H,1-7H2. The summed E-state index contributed by atoms with van der Waals surface area (Å²) in [7, 11) is 0. The Labute approximate surface area is 79.9 Å². The molecule has 2 nitrogen and oxygen atoms in total. The van der Waals surface area contributed by atoms with Crippen molar-refractivity contribution in [3.05, 3.63) is 0 Å². The Kier molecular flexibility index (Phi) is 1.28. The highest BCUT2D eigenvalue weighted by atomic mass is 15.7. The molecular formula is C11H18N2. The molecule has 0 spiro atoms. The fourth-order valence-corrected chi connectivity index (χ4v) is 4.35. The van der Waals surface area contributed by atoms with Crippen LogP contribution in [-0.4, -0.2) is 34.2 Å². The van der Waals surface area contributed by atoms with Gasteiger partial charge in [-0.25, -0.2) is 10.0 Å². The topological polar surface area (TPSA) is 6.48 Å². The first-order valence-corrected chi connectivity index (χ1v) is 6.00. The highest BCUT2D eigenvalue weighted by molar-refractivity contribution is 5.04. The lowest BCUT2D eigenvalue weighted by atomic mass is 9.86. The molecule has 5 aliphatic rings. The van der Waals surface area contributed by atoms with Crippen LogP contribution in [0.25, 0.3) is 0 Å². The van der Waals surface area contributed by atoms with E-state index in [0.717, 1.165) is 24.2 Å². The lowest BCUT2D eigenvalue weighted by Gasteiger charge is -2.55. The van der Waals surface area contributed by atoms with E-state index in [9.17, 15) is 0 Å². The van der Waals surface area contributed by atoms with Gasteiger partial charge in [-0.3, -0.25) is 0 Å². The normalized spacial score (nSPS) is 54.5. The van der Waals surface area contributed by atoms with Gasteiger partial charge in [0.1, 0.15) is 0 Å². The second kappa shape index (κ2) is 2.29. The molecule has 0 aromatic rings. The van der Waals surface area contributed by atoms with Crippen molar-refractivity contribution in [1.29, 1.82) is 0 Å². The summed E-state index contributed by atoms with van der Waals surface area (Å²) in [5.41, 5.74) is 0. The van der Waals surface area contributed by atoms with Crippen LogP contribution in [0.4, 0.5) is 0 Å². The molecule has 13 heavy (non-hydrogen) atoms. The van der Waals surface area contributed by atoms with Crippen LogP contribution in [0.1, 0.15) is 44.9 Å². The Morgan fingerprint density at radius 1 is 0.538 bits per heavy atom. The summed E-state index contributed by atoms with van der Waals surface area (Å²) in [6, 6.07) is 3.80. The van der Waals surface area contributed by atoms with Crippen LogP contribution in [0, 0.1) is 0 Å². The minimum atomic E-state index is 0.945. The third-order valence-corrected chi connectivity index (χ3v) is 4.81. The summed E-state index contributed by atoms with van der Waals surface area (Å²) in [6.07, 6.45) is 10.4. The number of fused-ring (bicyclic) bond motifs is 4. The first-order chi connectivity index (χ1) is 6.43. The monoisotopic (exact) mass is 178 g/mol. The van der Waals surface area contributed by atoms with Crippen LogP contribution in [0.2, 0.25) is 0 Å². The van der Waals surface area contributed by atoms with Crippen molar-refractivity contribution in [1.82, 2.24) is 10.0 Å². The predicted octanol–water partition coefficient (Wildman–Crippen LogP) is 1.76. The van der Waals surface area contributed by atoms with Crippen LogP contribution in [0.3, 0.4) is 0 Å². The number of hydrogen-bond donors (Lipinski definition) is 0. The molecule has 5 rings (SSSR count). The first kappa shape index (κ1) is 7.24. The molecule has 0 N–H and O–H groups in total. The number of rotatable bonds is 0. The Hall–Kier alpha value is -0.0800. The Balaban J connectivity index is 1.75. The first-order valence-electron chi connectivity index (χ1n) is 6.00. The molecule has 2 heteroatoms. The van der Waals surface area contributed by atoms with Gasteiger partial charge in [-0.05, 0) is 44.9 Å². The van der Waals surface area contributed by atoms with E-state index in [1.165, 1.54) is 44.9 Å². The van der Waals surface area contributed by atoms with Crippen molar-refractivity contribution in [2.45, 2.75) is 69.1 Å². The average Bonchev–Trinajstić information content (AvgIpc) is 2.80. The van der Waals surface area contributed by atoms with E-state index in [1.807, 2.05) is 0 Å². The summed E-state index contributed by atoms with van der Waals surface area (Å²) < 4.78 is 0. The largest absolute Gasteiger partial charge is 0.235 e. The molecule has 2 unspecified atom stereocenters. The molecule has 2 aliphatic carbocycles. The maximum absolute atomic E-state index is 2.80. The van der Waals surface area contributed by atoms with Crippen LogP contribution in [0.5, 0.6) is 0 Å². The zero-order chi connectivity index (χ0) is 8.41. The van der Waals surface area contributed by atoms with Crippen molar-refractivity contribution in [3.8, 4) is 0 Å². The molecule has 0 aromatic heterocycles. The van der Waals surface area contributed by atoms with Crippen molar-refractivity contribution in [2.24, 2.45) is 0 Å². The number of hydrazine groups is 1. The molecule has 2 saturated carbocycles. The molecule has 4 bridgehead atoms. The Morgan fingerprint density at radius 3 is 1.38 bits per heavy atom. The van der Waals surface area contributed by atoms with Gasteiger partial charge in [-0.2, -0.15) is 0 Å². The number of hydrogen-bond acceptors (Lipinski definition) is 2. The molecule has 3 aliphatic heterocycles. The van der Waals surface area contributed by atoms with Crippen LogP contribution < -0.4 is 0 Å². The highest BCUT2D eigenvalue weighted by Crippen LogP contribution is 2.48. The Morgan fingerprint density at radius 2 is 0.923 bits per heavy atom. The third kappa shape index (κ3) is 0.774. The van der Waals surface area contributed by atoms with Crippen molar-refractivity contribution in [2.75, 3.05) is 0 Å². The van der Waals surface area contributed by atoms with Gasteiger partial charge < -0.3 is 0 Å². The van der Waals surface area contributed by atoms with Gasteiger partial charge in [0.15, 0.2) is 0 Å². The summed E-state index contributed by atoms with van der Waals surface area (Å²) >= 11 is 0. The summed E-state index contributed by atoms with van der Waals surface area (Å²) in [4.78, 5) is 0. The molecule has 72 valence electrons. The van der Waals surface area contributed by atoms with Crippen LogP contribution >= 0.6 is 0 Å².